The summed E-state index contributed by atoms with van der Waals surface area (Å²) in [4.78, 5) is 0. The Morgan fingerprint density at radius 2 is 1.58 bits per heavy atom. The van der Waals surface area contributed by atoms with Crippen LogP contribution >= 0.6 is 0 Å². The molecule has 0 aliphatic heterocycles. The third-order valence-corrected chi connectivity index (χ3v) is 1.94. The van der Waals surface area contributed by atoms with Crippen molar-refractivity contribution in [2.24, 2.45) is 5.73 Å². The van der Waals surface area contributed by atoms with Crippen LogP contribution in [0.25, 0.3) is 0 Å². The molecule has 1 saturated carbocycles. The molecule has 0 aromatic rings. The molecule has 0 heterocycles. The maximum Gasteiger partial charge on any atom is 0.0674 e. The molecule has 3 N–H and O–H groups in total. The molecule has 12 heavy (non-hydrogen) atoms. The highest BCUT2D eigenvalue weighted by molar-refractivity contribution is 4.95. The second kappa shape index (κ2) is 7.56. The highest BCUT2D eigenvalue weighted by Gasteiger charge is 2.38. The van der Waals surface area contributed by atoms with E-state index in [1.54, 1.807) is 0 Å². The molecule has 0 unspecified atom stereocenters. The molecule has 1 rings (SSSR count). The largest absolute Gasteiger partial charge is 0.390 e. The molecular weight excluding hydrogens is 150 g/mol. The van der Waals surface area contributed by atoms with Gasteiger partial charge in [-0.05, 0) is 19.3 Å². The molecule has 0 atom stereocenters. The highest BCUT2D eigenvalue weighted by Crippen LogP contribution is 2.33. The van der Waals surface area contributed by atoms with Crippen molar-refractivity contribution >= 4 is 0 Å². The number of rotatable bonds is 1. The first-order valence-corrected chi connectivity index (χ1v) is 5.14. The molecule has 0 aromatic carbocycles. The maximum atomic E-state index is 9.31. The van der Waals surface area contributed by atoms with Crippen LogP contribution < -0.4 is 5.73 Å². The SMILES string of the molecule is CC.CC.CCC1(O)CC(N)C1. The van der Waals surface area contributed by atoms with Crippen molar-refractivity contribution in [1.29, 1.82) is 0 Å². The van der Waals surface area contributed by atoms with Crippen LogP contribution in [0.15, 0.2) is 0 Å². The Bertz CT molecular complexity index is 87.8. The zero-order valence-corrected chi connectivity index (χ0v) is 9.22. The molecule has 0 radical (unpaired) electrons. The van der Waals surface area contributed by atoms with Gasteiger partial charge < -0.3 is 10.8 Å². The van der Waals surface area contributed by atoms with Crippen LogP contribution in [0.2, 0.25) is 0 Å². The Hall–Kier alpha value is -0.0800. The normalized spacial score (nSPS) is 31.8. The van der Waals surface area contributed by atoms with E-state index in [0.29, 0.717) is 0 Å². The van der Waals surface area contributed by atoms with Gasteiger partial charge >= 0.3 is 0 Å². The summed E-state index contributed by atoms with van der Waals surface area (Å²) >= 11 is 0. The van der Waals surface area contributed by atoms with E-state index in [1.165, 1.54) is 0 Å². The zero-order valence-electron chi connectivity index (χ0n) is 9.22. The molecule has 0 aromatic heterocycles. The molecule has 0 amide bonds. The molecule has 1 fully saturated rings. The summed E-state index contributed by atoms with van der Waals surface area (Å²) in [6.07, 6.45) is 2.44. The zero-order chi connectivity index (χ0) is 10.2. The summed E-state index contributed by atoms with van der Waals surface area (Å²) in [5, 5.41) is 9.31. The monoisotopic (exact) mass is 175 g/mol. The second-order valence-corrected chi connectivity index (χ2v) is 2.75. The van der Waals surface area contributed by atoms with Crippen LogP contribution in [0, 0.1) is 0 Å². The van der Waals surface area contributed by atoms with Crippen molar-refractivity contribution in [2.75, 3.05) is 0 Å². The predicted molar refractivity (Wildman–Crippen MR) is 55.1 cm³/mol. The fraction of sp³-hybridized carbons (Fsp3) is 1.00. The summed E-state index contributed by atoms with van der Waals surface area (Å²) in [6, 6.07) is 0.264. The van der Waals surface area contributed by atoms with E-state index in [0.717, 1.165) is 19.3 Å². The van der Waals surface area contributed by atoms with E-state index in [9.17, 15) is 5.11 Å². The van der Waals surface area contributed by atoms with Gasteiger partial charge in [-0.1, -0.05) is 34.6 Å². The van der Waals surface area contributed by atoms with Gasteiger partial charge in [0.2, 0.25) is 0 Å². The molecule has 76 valence electrons. The minimum atomic E-state index is -0.389. The third kappa shape index (κ3) is 4.73. The smallest absolute Gasteiger partial charge is 0.0674 e. The first-order valence-electron chi connectivity index (χ1n) is 5.14. The molecule has 2 nitrogen and oxygen atoms in total. The molecule has 0 saturated heterocycles. The number of hydrogen-bond acceptors (Lipinski definition) is 2. The van der Waals surface area contributed by atoms with Gasteiger partial charge in [-0.2, -0.15) is 0 Å². The predicted octanol–water partition coefficient (Wildman–Crippen LogP) is 2.30. The van der Waals surface area contributed by atoms with E-state index in [4.69, 9.17) is 5.73 Å². The summed E-state index contributed by atoms with van der Waals surface area (Å²) in [7, 11) is 0. The van der Waals surface area contributed by atoms with Crippen molar-refractivity contribution in [2.45, 2.75) is 65.5 Å². The van der Waals surface area contributed by atoms with Gasteiger partial charge in [-0.3, -0.25) is 0 Å². The molecule has 2 heteroatoms. The second-order valence-electron chi connectivity index (χ2n) is 2.75. The molecule has 0 bridgehead atoms. The lowest BCUT2D eigenvalue weighted by atomic mass is 9.75. The summed E-state index contributed by atoms with van der Waals surface area (Å²) in [5.41, 5.74) is 5.08. The maximum absolute atomic E-state index is 9.31. The van der Waals surface area contributed by atoms with Crippen LogP contribution in [0.4, 0.5) is 0 Å². The van der Waals surface area contributed by atoms with Crippen molar-refractivity contribution in [3.63, 3.8) is 0 Å². The summed E-state index contributed by atoms with van der Waals surface area (Å²) in [5.74, 6) is 0. The van der Waals surface area contributed by atoms with Gasteiger partial charge in [-0.15, -0.1) is 0 Å². The van der Waals surface area contributed by atoms with Crippen LogP contribution in [0.1, 0.15) is 53.9 Å². The Morgan fingerprint density at radius 3 is 1.67 bits per heavy atom. The minimum absolute atomic E-state index is 0.264. The lowest BCUT2D eigenvalue weighted by Crippen LogP contribution is -2.50. The summed E-state index contributed by atoms with van der Waals surface area (Å²) in [6.45, 7) is 9.99. The Balaban J connectivity index is 0. The number of hydrogen-bond donors (Lipinski definition) is 2. The molecule has 0 spiro atoms. The van der Waals surface area contributed by atoms with Crippen molar-refractivity contribution in [3.05, 3.63) is 0 Å². The first kappa shape index (κ1) is 14.4. The molecule has 1 aliphatic rings. The van der Waals surface area contributed by atoms with Crippen LogP contribution in [0.3, 0.4) is 0 Å². The van der Waals surface area contributed by atoms with Crippen LogP contribution in [-0.4, -0.2) is 16.7 Å². The van der Waals surface area contributed by atoms with Crippen molar-refractivity contribution < 1.29 is 5.11 Å². The van der Waals surface area contributed by atoms with E-state index >= 15 is 0 Å². The topological polar surface area (TPSA) is 46.2 Å². The summed E-state index contributed by atoms with van der Waals surface area (Å²) < 4.78 is 0. The van der Waals surface area contributed by atoms with E-state index in [1.807, 2.05) is 34.6 Å². The molecule has 1 aliphatic carbocycles. The van der Waals surface area contributed by atoms with Gasteiger partial charge in [0, 0.05) is 6.04 Å². The van der Waals surface area contributed by atoms with Gasteiger partial charge in [0.15, 0.2) is 0 Å². The number of nitrogens with two attached hydrogens (primary N) is 1. The van der Waals surface area contributed by atoms with Gasteiger partial charge in [0.05, 0.1) is 5.60 Å². The lowest BCUT2D eigenvalue weighted by molar-refractivity contribution is -0.0490. The van der Waals surface area contributed by atoms with E-state index < -0.39 is 0 Å². The fourth-order valence-electron chi connectivity index (χ4n) is 1.20. The van der Waals surface area contributed by atoms with Crippen molar-refractivity contribution in [3.8, 4) is 0 Å². The Kier molecular flexibility index (Phi) is 9.10. The van der Waals surface area contributed by atoms with Gasteiger partial charge in [-0.25, -0.2) is 0 Å². The van der Waals surface area contributed by atoms with Crippen LogP contribution in [-0.2, 0) is 0 Å². The highest BCUT2D eigenvalue weighted by atomic mass is 16.3. The Morgan fingerprint density at radius 1 is 1.25 bits per heavy atom. The quantitative estimate of drug-likeness (QED) is 0.642. The first-order chi connectivity index (χ1) is 5.66. The van der Waals surface area contributed by atoms with E-state index in [-0.39, 0.29) is 11.6 Å². The van der Waals surface area contributed by atoms with Gasteiger partial charge in [0.1, 0.15) is 0 Å². The average molecular weight is 175 g/mol. The minimum Gasteiger partial charge on any atom is -0.390 e. The number of aliphatic hydroxyl groups is 1. The third-order valence-electron chi connectivity index (χ3n) is 1.94. The average Bonchev–Trinajstić information content (AvgIpc) is 2.09. The standard InChI is InChI=1S/C6H13NO.2C2H6/c1-2-6(8)3-5(7)4-6;2*1-2/h5,8H,2-4,7H2,1H3;2*1-2H3. The van der Waals surface area contributed by atoms with E-state index in [2.05, 4.69) is 0 Å². The Labute approximate surface area is 77.2 Å². The fourth-order valence-corrected chi connectivity index (χ4v) is 1.20. The van der Waals surface area contributed by atoms with Crippen molar-refractivity contribution in [1.82, 2.24) is 0 Å². The van der Waals surface area contributed by atoms with Crippen LogP contribution in [0.5, 0.6) is 0 Å². The molecular formula is C10H25NO. The lowest BCUT2D eigenvalue weighted by Gasteiger charge is -2.40. The van der Waals surface area contributed by atoms with Gasteiger partial charge in [0.25, 0.3) is 0 Å².